The van der Waals surface area contributed by atoms with Crippen molar-refractivity contribution in [3.63, 3.8) is 0 Å². The van der Waals surface area contributed by atoms with Crippen LogP contribution in [-0.2, 0) is 6.61 Å². The summed E-state index contributed by atoms with van der Waals surface area (Å²) < 4.78 is 36.7. The van der Waals surface area contributed by atoms with Crippen molar-refractivity contribution in [2.24, 2.45) is 5.73 Å². The molecule has 42 heavy (non-hydrogen) atoms. The first-order valence-corrected chi connectivity index (χ1v) is 13.3. The van der Waals surface area contributed by atoms with Crippen molar-refractivity contribution < 1.29 is 27.8 Å². The fourth-order valence-corrected chi connectivity index (χ4v) is 5.04. The number of esters is 1. The van der Waals surface area contributed by atoms with Crippen LogP contribution in [-0.4, -0.2) is 5.97 Å². The highest BCUT2D eigenvalue weighted by molar-refractivity contribution is 6.30. The van der Waals surface area contributed by atoms with Gasteiger partial charge in [-0.2, -0.15) is 5.26 Å². The van der Waals surface area contributed by atoms with Crippen molar-refractivity contribution in [2.45, 2.75) is 19.4 Å². The molecule has 0 aliphatic carbocycles. The van der Waals surface area contributed by atoms with Gasteiger partial charge in [0.05, 0.1) is 5.92 Å². The topological polar surface area (TPSA) is 108 Å². The molecule has 208 valence electrons. The van der Waals surface area contributed by atoms with Crippen LogP contribution in [0.1, 0.15) is 38.7 Å². The Morgan fingerprint density at radius 1 is 1.05 bits per heavy atom. The molecule has 2 heterocycles. The van der Waals surface area contributed by atoms with Gasteiger partial charge in [0.1, 0.15) is 46.9 Å². The van der Waals surface area contributed by atoms with E-state index in [1.54, 1.807) is 31.2 Å². The van der Waals surface area contributed by atoms with Gasteiger partial charge in [0.2, 0.25) is 11.6 Å². The maximum Gasteiger partial charge on any atom is 0.379 e. The lowest BCUT2D eigenvalue weighted by Gasteiger charge is -2.27. The van der Waals surface area contributed by atoms with E-state index in [4.69, 9.17) is 36.0 Å². The summed E-state index contributed by atoms with van der Waals surface area (Å²) in [5.74, 6) is -0.700. The molecule has 1 aromatic heterocycles. The van der Waals surface area contributed by atoms with E-state index in [0.717, 1.165) is 11.1 Å². The Labute approximate surface area is 245 Å². The molecule has 0 amide bonds. The molecule has 1 aliphatic heterocycles. The van der Waals surface area contributed by atoms with Gasteiger partial charge in [0.25, 0.3) is 0 Å². The third-order valence-corrected chi connectivity index (χ3v) is 7.25. The first-order valence-electron chi connectivity index (χ1n) is 12.9. The van der Waals surface area contributed by atoms with Gasteiger partial charge in [-0.25, -0.2) is 9.18 Å². The minimum Gasteiger partial charge on any atom is -0.489 e. The van der Waals surface area contributed by atoms with Crippen LogP contribution in [0, 0.1) is 24.1 Å². The van der Waals surface area contributed by atoms with Crippen LogP contribution in [0.4, 0.5) is 4.39 Å². The molecule has 1 atom stereocenters. The Morgan fingerprint density at radius 2 is 1.86 bits per heavy atom. The number of carbonyl (C=O) groups is 1. The second-order valence-electron chi connectivity index (χ2n) is 9.70. The van der Waals surface area contributed by atoms with Crippen LogP contribution in [0.15, 0.2) is 101 Å². The summed E-state index contributed by atoms with van der Waals surface area (Å²) in [5.41, 5.74) is 9.63. The van der Waals surface area contributed by atoms with E-state index in [9.17, 15) is 14.4 Å². The molecule has 5 aromatic rings. The fraction of sp³-hybridized carbons (Fsp3) is 0.0909. The number of nitriles is 1. The van der Waals surface area contributed by atoms with E-state index >= 15 is 0 Å². The lowest BCUT2D eigenvalue weighted by atomic mass is 9.83. The summed E-state index contributed by atoms with van der Waals surface area (Å²) in [6.07, 6.45) is 0. The van der Waals surface area contributed by atoms with Crippen molar-refractivity contribution in [1.29, 1.82) is 5.26 Å². The molecule has 0 radical (unpaired) electrons. The predicted octanol–water partition coefficient (Wildman–Crippen LogP) is 7.55. The van der Waals surface area contributed by atoms with Crippen LogP contribution < -0.4 is 19.9 Å². The number of nitrogens with zero attached hydrogens (tertiary/aromatic N) is 1. The zero-order chi connectivity index (χ0) is 29.4. The average molecular weight is 581 g/mol. The Hall–Kier alpha value is -5.26. The molecule has 0 saturated carbocycles. The summed E-state index contributed by atoms with van der Waals surface area (Å²) in [5, 5.41) is 11.1. The number of allylic oxidation sites excluding steroid dienone is 1. The Bertz CT molecular complexity index is 1920. The molecule has 0 fully saturated rings. The molecule has 2 N–H and O–H groups in total. The first-order chi connectivity index (χ1) is 20.3. The number of hydrogen-bond acceptors (Lipinski definition) is 7. The third-order valence-electron chi connectivity index (χ3n) is 6.99. The van der Waals surface area contributed by atoms with E-state index in [0.29, 0.717) is 45.2 Å². The number of rotatable bonds is 6. The van der Waals surface area contributed by atoms with Crippen molar-refractivity contribution in [3.05, 3.63) is 135 Å². The van der Waals surface area contributed by atoms with Gasteiger partial charge in [-0.05, 0) is 66.6 Å². The fourth-order valence-electron chi connectivity index (χ4n) is 4.91. The maximum atomic E-state index is 13.7. The molecular weight excluding hydrogens is 559 g/mol. The van der Waals surface area contributed by atoms with Crippen LogP contribution in [0.25, 0.3) is 11.0 Å². The monoisotopic (exact) mass is 580 g/mol. The first kappa shape index (κ1) is 26.9. The summed E-state index contributed by atoms with van der Waals surface area (Å²) >= 11 is 5.97. The number of aryl methyl sites for hydroxylation is 1. The van der Waals surface area contributed by atoms with Crippen molar-refractivity contribution in [1.82, 2.24) is 0 Å². The van der Waals surface area contributed by atoms with Gasteiger partial charge in [-0.1, -0.05) is 41.9 Å². The van der Waals surface area contributed by atoms with Crippen molar-refractivity contribution in [2.75, 3.05) is 0 Å². The molecule has 7 nitrogen and oxygen atoms in total. The summed E-state index contributed by atoms with van der Waals surface area (Å²) in [4.78, 5) is 13.0. The third kappa shape index (κ3) is 5.14. The maximum absolute atomic E-state index is 13.7. The molecular formula is C33H22ClFN2O5. The summed E-state index contributed by atoms with van der Waals surface area (Å²) in [7, 11) is 0. The van der Waals surface area contributed by atoms with E-state index in [1.165, 1.54) is 24.3 Å². The molecule has 1 aliphatic rings. The van der Waals surface area contributed by atoms with Crippen molar-refractivity contribution >= 4 is 28.5 Å². The number of fused-ring (bicyclic) bond motifs is 2. The molecule has 0 spiro atoms. The smallest absolute Gasteiger partial charge is 0.379 e. The number of ether oxygens (including phenoxy) is 3. The van der Waals surface area contributed by atoms with Gasteiger partial charge in [0, 0.05) is 27.6 Å². The molecule has 6 rings (SSSR count). The Balaban J connectivity index is 1.27. The zero-order valence-corrected chi connectivity index (χ0v) is 22.9. The second-order valence-corrected chi connectivity index (χ2v) is 10.1. The van der Waals surface area contributed by atoms with Crippen LogP contribution in [0.3, 0.4) is 0 Å². The molecule has 1 unspecified atom stereocenters. The van der Waals surface area contributed by atoms with Gasteiger partial charge >= 0.3 is 5.97 Å². The summed E-state index contributed by atoms with van der Waals surface area (Å²) in [6, 6.07) is 25.8. The van der Waals surface area contributed by atoms with E-state index in [2.05, 4.69) is 6.07 Å². The van der Waals surface area contributed by atoms with E-state index in [1.807, 2.05) is 36.4 Å². The number of halogens is 2. The highest BCUT2D eigenvalue weighted by atomic mass is 35.5. The Morgan fingerprint density at radius 3 is 2.64 bits per heavy atom. The van der Waals surface area contributed by atoms with Gasteiger partial charge in [-0.15, -0.1) is 0 Å². The SMILES string of the molecule is Cc1c(C(=O)Oc2ccc3c(c2)OC(N)=C(C#N)C3c2cccc(OCc3ccc(Cl)cc3)c2)oc2ccc(F)cc12. The molecule has 0 bridgehead atoms. The number of carbonyl (C=O) groups excluding carboxylic acids is 1. The Kier molecular flexibility index (Phi) is 7.03. The summed E-state index contributed by atoms with van der Waals surface area (Å²) in [6.45, 7) is 1.99. The van der Waals surface area contributed by atoms with E-state index in [-0.39, 0.29) is 23.0 Å². The average Bonchev–Trinajstić information content (AvgIpc) is 3.31. The number of nitrogens with two attached hydrogens (primary N) is 1. The lowest BCUT2D eigenvalue weighted by molar-refractivity contribution is 0.0702. The predicted molar refractivity (Wildman–Crippen MR) is 154 cm³/mol. The highest BCUT2D eigenvalue weighted by Crippen LogP contribution is 2.44. The zero-order valence-electron chi connectivity index (χ0n) is 22.2. The standard InChI is InChI=1S/C33H22ClFN2O5/c1-18-26-14-22(35)9-12-28(26)41-31(18)33(38)40-24-10-11-25-29(15-24)42-32(37)27(16-36)30(25)20-3-2-4-23(13-20)39-17-19-5-7-21(34)8-6-19/h2-15,30H,17,37H2,1H3. The quantitative estimate of drug-likeness (QED) is 0.163. The minimum atomic E-state index is -0.747. The molecule has 4 aromatic carbocycles. The number of benzene rings is 4. The van der Waals surface area contributed by atoms with Crippen LogP contribution in [0.2, 0.25) is 5.02 Å². The van der Waals surface area contributed by atoms with Crippen molar-refractivity contribution in [3.8, 4) is 23.3 Å². The number of furan rings is 1. The van der Waals surface area contributed by atoms with Gasteiger partial charge < -0.3 is 24.4 Å². The number of hydrogen-bond donors (Lipinski definition) is 1. The van der Waals surface area contributed by atoms with Gasteiger partial charge in [-0.3, -0.25) is 0 Å². The largest absolute Gasteiger partial charge is 0.489 e. The minimum absolute atomic E-state index is 0.0336. The van der Waals surface area contributed by atoms with Crippen LogP contribution in [0.5, 0.6) is 17.2 Å². The second kappa shape index (κ2) is 11.0. The van der Waals surface area contributed by atoms with E-state index < -0.39 is 17.7 Å². The lowest BCUT2D eigenvalue weighted by Crippen LogP contribution is -2.21. The molecule has 0 saturated heterocycles. The highest BCUT2D eigenvalue weighted by Gasteiger charge is 2.31. The van der Waals surface area contributed by atoms with Crippen LogP contribution >= 0.6 is 11.6 Å². The van der Waals surface area contributed by atoms with Gasteiger partial charge in [0.15, 0.2) is 0 Å². The molecule has 9 heteroatoms. The normalized spacial score (nSPS) is 14.2.